The molecule has 9 heteroatoms. The molecule has 0 saturated heterocycles. The van der Waals surface area contributed by atoms with E-state index in [4.69, 9.17) is 0 Å². The molecule has 0 radical (unpaired) electrons. The summed E-state index contributed by atoms with van der Waals surface area (Å²) < 4.78 is 67.3. The maximum atomic E-state index is 13.9. The molecular formula is C20H15F5N2OS. The van der Waals surface area contributed by atoms with Gasteiger partial charge < -0.3 is 4.57 Å². The summed E-state index contributed by atoms with van der Waals surface area (Å²) in [5.41, 5.74) is 0.460. The molecule has 0 spiro atoms. The van der Waals surface area contributed by atoms with E-state index in [-0.39, 0.29) is 16.4 Å². The molecule has 0 aliphatic rings. The lowest BCUT2D eigenvalue weighted by Crippen LogP contribution is -2.21. The Hall–Kier alpha value is -2.68. The largest absolute Gasteiger partial charge is 0.406 e. The van der Waals surface area contributed by atoms with Crippen molar-refractivity contribution >= 4 is 17.5 Å². The van der Waals surface area contributed by atoms with Crippen LogP contribution in [0.3, 0.4) is 0 Å². The van der Waals surface area contributed by atoms with Crippen molar-refractivity contribution in [2.24, 2.45) is 0 Å². The first-order chi connectivity index (χ1) is 13.7. The molecule has 0 bridgehead atoms. The SMILES string of the molecule is CC(Sc1ncc(-c2ccccc2)n1CC(F)(F)F)C(=O)c1ccc(F)cc1F. The smallest absolute Gasteiger partial charge is 0.310 e. The second-order valence-corrected chi connectivity index (χ2v) is 7.55. The van der Waals surface area contributed by atoms with E-state index in [0.29, 0.717) is 11.6 Å². The molecule has 3 nitrogen and oxygen atoms in total. The number of Topliss-reactive ketones (excluding diaryl/α,β-unsaturated/α-hetero) is 1. The molecule has 1 heterocycles. The number of nitrogens with zero attached hydrogens (tertiary/aromatic N) is 2. The van der Waals surface area contributed by atoms with Crippen molar-refractivity contribution in [1.82, 2.24) is 9.55 Å². The molecule has 0 amide bonds. The molecule has 2 aromatic carbocycles. The topological polar surface area (TPSA) is 34.9 Å². The quantitative estimate of drug-likeness (QED) is 0.286. The number of carbonyl (C=O) groups excluding carboxylic acids is 1. The molecule has 0 saturated carbocycles. The predicted molar refractivity (Wildman–Crippen MR) is 99.7 cm³/mol. The van der Waals surface area contributed by atoms with Crippen LogP contribution in [0.5, 0.6) is 0 Å². The predicted octanol–water partition coefficient (Wildman–Crippen LogP) is 5.75. The van der Waals surface area contributed by atoms with E-state index < -0.39 is 35.4 Å². The van der Waals surface area contributed by atoms with E-state index in [9.17, 15) is 26.7 Å². The van der Waals surface area contributed by atoms with Gasteiger partial charge in [-0.3, -0.25) is 4.79 Å². The highest BCUT2D eigenvalue weighted by molar-refractivity contribution is 8.00. The fourth-order valence-corrected chi connectivity index (χ4v) is 3.70. The Morgan fingerprint density at radius 3 is 2.45 bits per heavy atom. The van der Waals surface area contributed by atoms with Crippen molar-refractivity contribution in [3.05, 3.63) is 71.9 Å². The van der Waals surface area contributed by atoms with E-state index >= 15 is 0 Å². The molecule has 29 heavy (non-hydrogen) atoms. The van der Waals surface area contributed by atoms with Crippen molar-refractivity contribution < 1.29 is 26.7 Å². The molecule has 0 aliphatic heterocycles. The highest BCUT2D eigenvalue weighted by Crippen LogP contribution is 2.32. The van der Waals surface area contributed by atoms with Gasteiger partial charge in [0.1, 0.15) is 18.2 Å². The molecular weight excluding hydrogens is 411 g/mol. The summed E-state index contributed by atoms with van der Waals surface area (Å²) in [4.78, 5) is 16.6. The number of ketones is 1. The average molecular weight is 426 g/mol. The molecule has 3 rings (SSSR count). The molecule has 0 aliphatic carbocycles. The zero-order valence-electron chi connectivity index (χ0n) is 15.1. The van der Waals surface area contributed by atoms with Crippen LogP contribution in [0, 0.1) is 11.6 Å². The monoisotopic (exact) mass is 426 g/mol. The third kappa shape index (κ3) is 5.03. The number of imidazole rings is 1. The number of carbonyl (C=O) groups is 1. The molecule has 3 aromatic rings. The molecule has 1 unspecified atom stereocenters. The third-order valence-electron chi connectivity index (χ3n) is 4.07. The fourth-order valence-electron chi connectivity index (χ4n) is 2.74. The van der Waals surface area contributed by atoms with E-state index in [1.54, 1.807) is 30.3 Å². The van der Waals surface area contributed by atoms with Crippen LogP contribution in [0.25, 0.3) is 11.3 Å². The number of hydrogen-bond acceptors (Lipinski definition) is 3. The van der Waals surface area contributed by atoms with E-state index in [2.05, 4.69) is 4.98 Å². The summed E-state index contributed by atoms with van der Waals surface area (Å²) in [6.07, 6.45) is -3.20. The van der Waals surface area contributed by atoms with Crippen LogP contribution in [-0.4, -0.2) is 26.8 Å². The number of hydrogen-bond donors (Lipinski definition) is 0. The van der Waals surface area contributed by atoms with Gasteiger partial charge in [-0.2, -0.15) is 13.2 Å². The maximum Gasteiger partial charge on any atom is 0.406 e. The van der Waals surface area contributed by atoms with Gasteiger partial charge in [0, 0.05) is 6.07 Å². The number of rotatable bonds is 6. The van der Waals surface area contributed by atoms with Gasteiger partial charge in [-0.25, -0.2) is 13.8 Å². The summed E-state index contributed by atoms with van der Waals surface area (Å²) in [6.45, 7) is 0.149. The van der Waals surface area contributed by atoms with E-state index in [0.717, 1.165) is 28.5 Å². The maximum absolute atomic E-state index is 13.9. The first kappa shape index (κ1) is 21.0. The van der Waals surface area contributed by atoms with E-state index in [1.165, 1.54) is 13.1 Å². The van der Waals surface area contributed by atoms with Crippen LogP contribution in [0.4, 0.5) is 22.0 Å². The summed E-state index contributed by atoms with van der Waals surface area (Å²) >= 11 is 0.784. The number of thioether (sulfide) groups is 1. The molecule has 0 N–H and O–H groups in total. The van der Waals surface area contributed by atoms with Gasteiger partial charge in [0.25, 0.3) is 0 Å². The highest BCUT2D eigenvalue weighted by atomic mass is 32.2. The minimum atomic E-state index is -4.50. The second-order valence-electron chi connectivity index (χ2n) is 6.24. The van der Waals surface area contributed by atoms with Gasteiger partial charge in [-0.1, -0.05) is 42.1 Å². The first-order valence-corrected chi connectivity index (χ1v) is 9.37. The van der Waals surface area contributed by atoms with Crippen LogP contribution in [0.1, 0.15) is 17.3 Å². The fraction of sp³-hybridized carbons (Fsp3) is 0.200. The molecule has 1 aromatic heterocycles. The van der Waals surface area contributed by atoms with Gasteiger partial charge in [0.2, 0.25) is 0 Å². The minimum Gasteiger partial charge on any atom is -0.310 e. The highest BCUT2D eigenvalue weighted by Gasteiger charge is 2.32. The van der Waals surface area contributed by atoms with Crippen molar-refractivity contribution in [1.29, 1.82) is 0 Å². The first-order valence-electron chi connectivity index (χ1n) is 8.49. The Kier molecular flexibility index (Phi) is 6.07. The number of alkyl halides is 3. The summed E-state index contributed by atoms with van der Waals surface area (Å²) in [6, 6.07) is 11.0. The zero-order chi connectivity index (χ0) is 21.2. The summed E-state index contributed by atoms with van der Waals surface area (Å²) in [7, 11) is 0. The lowest BCUT2D eigenvalue weighted by atomic mass is 10.1. The third-order valence-corrected chi connectivity index (χ3v) is 5.18. The number of aromatic nitrogens is 2. The Bertz CT molecular complexity index is 1020. The Morgan fingerprint density at radius 1 is 1.14 bits per heavy atom. The number of benzene rings is 2. The Labute approximate surface area is 167 Å². The van der Waals surface area contributed by atoms with Gasteiger partial charge in [0.05, 0.1) is 22.7 Å². The van der Waals surface area contributed by atoms with Gasteiger partial charge in [-0.05, 0) is 24.6 Å². The lowest BCUT2D eigenvalue weighted by molar-refractivity contribution is -0.141. The van der Waals surface area contributed by atoms with Crippen LogP contribution in [0.2, 0.25) is 0 Å². The molecule has 0 fully saturated rings. The van der Waals surface area contributed by atoms with E-state index in [1.807, 2.05) is 0 Å². The van der Waals surface area contributed by atoms with Crippen LogP contribution < -0.4 is 0 Å². The van der Waals surface area contributed by atoms with Crippen molar-refractivity contribution in [2.75, 3.05) is 0 Å². The normalized spacial score (nSPS) is 12.8. The Morgan fingerprint density at radius 2 is 1.83 bits per heavy atom. The standard InChI is InChI=1S/C20H15F5N2OS/c1-12(18(28)15-8-7-14(21)9-16(15)22)29-19-26-10-17(13-5-3-2-4-6-13)27(19)11-20(23,24)25/h2-10,12H,11H2,1H3. The van der Waals surface area contributed by atoms with Crippen LogP contribution in [-0.2, 0) is 6.54 Å². The van der Waals surface area contributed by atoms with Gasteiger partial charge in [-0.15, -0.1) is 0 Å². The average Bonchev–Trinajstić information content (AvgIpc) is 3.02. The summed E-state index contributed by atoms with van der Waals surface area (Å²) in [5.74, 6) is -2.52. The van der Waals surface area contributed by atoms with Gasteiger partial charge in [0.15, 0.2) is 10.9 Å². The molecule has 1 atom stereocenters. The van der Waals surface area contributed by atoms with Gasteiger partial charge >= 0.3 is 6.18 Å². The molecule has 152 valence electrons. The summed E-state index contributed by atoms with van der Waals surface area (Å²) in [5, 5.41) is -0.961. The Balaban J connectivity index is 1.92. The van der Waals surface area contributed by atoms with Crippen molar-refractivity contribution in [3.8, 4) is 11.3 Å². The minimum absolute atomic E-state index is 0.0236. The van der Waals surface area contributed by atoms with Crippen LogP contribution in [0.15, 0.2) is 59.9 Å². The zero-order valence-corrected chi connectivity index (χ0v) is 15.9. The second kappa shape index (κ2) is 8.36. The lowest BCUT2D eigenvalue weighted by Gasteiger charge is -2.16. The van der Waals surface area contributed by atoms with Crippen LogP contribution >= 0.6 is 11.8 Å². The van der Waals surface area contributed by atoms with Crippen molar-refractivity contribution in [3.63, 3.8) is 0 Å². The van der Waals surface area contributed by atoms with Crippen molar-refractivity contribution in [2.45, 2.75) is 30.1 Å². The number of halogens is 5.